The Kier molecular flexibility index (Phi) is 7.70. The first-order chi connectivity index (χ1) is 16.5. The number of aliphatic imine (C=N–C) groups is 1. The minimum Gasteiger partial charge on any atom is -0.494 e. The Bertz CT molecular complexity index is 1320. The Morgan fingerprint density at radius 1 is 1.20 bits per heavy atom. The number of pyridine rings is 1. The monoisotopic (exact) mass is 489 g/mol. The van der Waals surface area contributed by atoms with Crippen molar-refractivity contribution in [1.82, 2.24) is 10.3 Å². The van der Waals surface area contributed by atoms with E-state index in [0.29, 0.717) is 11.1 Å². The molecule has 0 saturated heterocycles. The number of hydrogen-bond donors (Lipinski definition) is 3. The van der Waals surface area contributed by atoms with Gasteiger partial charge in [-0.05, 0) is 54.4 Å². The standard InChI is InChI=1S/C24H23F4N5O2/c1-13-9-15(25)4-3-14(13)11-32-23(34)17(18(30)10-29)12-31-19-6-7-20(35-2)22-16(19)5-8-21(33-22)24(26,27)28/h3-9,12H,10-11,29-30H2,1-2H3,(H,32,34). The van der Waals surface area contributed by atoms with E-state index in [1.165, 1.54) is 43.7 Å². The number of carbonyl (C=O) groups is 1. The normalized spacial score (nSPS) is 12.7. The molecule has 0 aliphatic carbocycles. The lowest BCUT2D eigenvalue weighted by atomic mass is 10.1. The maximum Gasteiger partial charge on any atom is 0.433 e. The van der Waals surface area contributed by atoms with Crippen LogP contribution in [0.15, 0.2) is 58.7 Å². The first-order valence-corrected chi connectivity index (χ1v) is 10.4. The van der Waals surface area contributed by atoms with Crippen LogP contribution >= 0.6 is 0 Å². The predicted octanol–water partition coefficient (Wildman–Crippen LogP) is 3.90. The van der Waals surface area contributed by atoms with E-state index in [0.717, 1.165) is 6.07 Å². The predicted molar refractivity (Wildman–Crippen MR) is 125 cm³/mol. The lowest BCUT2D eigenvalue weighted by Crippen LogP contribution is -2.29. The molecule has 0 aliphatic heterocycles. The highest BCUT2D eigenvalue weighted by Gasteiger charge is 2.33. The van der Waals surface area contributed by atoms with E-state index in [-0.39, 0.29) is 52.5 Å². The maximum atomic E-state index is 13.3. The molecule has 0 fully saturated rings. The fourth-order valence-electron chi connectivity index (χ4n) is 3.27. The molecular weight excluding hydrogens is 466 g/mol. The average Bonchev–Trinajstić information content (AvgIpc) is 2.82. The van der Waals surface area contributed by atoms with Gasteiger partial charge in [0.05, 0.1) is 18.4 Å². The summed E-state index contributed by atoms with van der Waals surface area (Å²) in [6.07, 6.45) is -3.45. The number of amides is 1. The van der Waals surface area contributed by atoms with Gasteiger partial charge in [0.25, 0.3) is 5.91 Å². The van der Waals surface area contributed by atoms with Crippen molar-refractivity contribution in [2.24, 2.45) is 16.5 Å². The molecule has 0 aliphatic rings. The van der Waals surface area contributed by atoms with Crippen molar-refractivity contribution in [3.63, 3.8) is 0 Å². The van der Waals surface area contributed by atoms with Crippen LogP contribution in [0.2, 0.25) is 0 Å². The summed E-state index contributed by atoms with van der Waals surface area (Å²) in [5, 5.41) is 2.97. The van der Waals surface area contributed by atoms with Crippen molar-refractivity contribution in [2.45, 2.75) is 19.6 Å². The van der Waals surface area contributed by atoms with Gasteiger partial charge in [0.15, 0.2) is 0 Å². The van der Waals surface area contributed by atoms with Crippen molar-refractivity contribution in [3.8, 4) is 5.75 Å². The lowest BCUT2D eigenvalue weighted by Gasteiger charge is -2.12. The second-order valence-corrected chi connectivity index (χ2v) is 7.53. The first-order valence-electron chi connectivity index (χ1n) is 10.4. The summed E-state index contributed by atoms with van der Waals surface area (Å²) in [7, 11) is 1.32. The van der Waals surface area contributed by atoms with Crippen LogP contribution in [-0.4, -0.2) is 30.8 Å². The highest BCUT2D eigenvalue weighted by molar-refractivity contribution is 6.13. The van der Waals surface area contributed by atoms with E-state index >= 15 is 0 Å². The molecule has 11 heteroatoms. The average molecular weight is 489 g/mol. The minimum atomic E-state index is -4.63. The highest BCUT2D eigenvalue weighted by atomic mass is 19.4. The van der Waals surface area contributed by atoms with Crippen LogP contribution in [-0.2, 0) is 17.5 Å². The fourth-order valence-corrected chi connectivity index (χ4v) is 3.27. The number of carbonyl (C=O) groups excluding carboxylic acids is 1. The number of fused-ring (bicyclic) bond motifs is 1. The quantitative estimate of drug-likeness (QED) is 0.265. The molecule has 0 radical (unpaired) electrons. The number of nitrogens with one attached hydrogen (secondary N) is 1. The van der Waals surface area contributed by atoms with Crippen molar-refractivity contribution in [3.05, 3.63) is 76.4 Å². The zero-order chi connectivity index (χ0) is 25.8. The molecule has 7 nitrogen and oxygen atoms in total. The summed E-state index contributed by atoms with van der Waals surface area (Å²) < 4.78 is 57.9. The summed E-state index contributed by atoms with van der Waals surface area (Å²) >= 11 is 0. The first kappa shape index (κ1) is 25.6. The van der Waals surface area contributed by atoms with Gasteiger partial charge >= 0.3 is 6.18 Å². The van der Waals surface area contributed by atoms with Crippen LogP contribution < -0.4 is 21.5 Å². The van der Waals surface area contributed by atoms with Crippen molar-refractivity contribution >= 4 is 28.7 Å². The molecule has 0 bridgehead atoms. The van der Waals surface area contributed by atoms with Gasteiger partial charge in [-0.2, -0.15) is 13.2 Å². The van der Waals surface area contributed by atoms with Crippen LogP contribution in [0.5, 0.6) is 5.75 Å². The van der Waals surface area contributed by atoms with E-state index in [2.05, 4.69) is 15.3 Å². The Labute approximate surface area is 198 Å². The number of ether oxygens (including phenoxy) is 1. The second-order valence-electron chi connectivity index (χ2n) is 7.53. The molecular formula is C24H23F4N5O2. The Morgan fingerprint density at radius 2 is 1.94 bits per heavy atom. The minimum absolute atomic E-state index is 0.0175. The summed E-state index contributed by atoms with van der Waals surface area (Å²) in [6, 6.07) is 9.20. The summed E-state index contributed by atoms with van der Waals surface area (Å²) in [6.45, 7) is 1.68. The molecule has 1 amide bonds. The number of nitrogens with zero attached hydrogens (tertiary/aromatic N) is 2. The van der Waals surface area contributed by atoms with E-state index in [1.807, 2.05) is 0 Å². The number of rotatable bonds is 7. The summed E-state index contributed by atoms with van der Waals surface area (Å²) in [5.41, 5.74) is 12.1. The molecule has 2 aromatic carbocycles. The van der Waals surface area contributed by atoms with E-state index < -0.39 is 17.8 Å². The molecule has 35 heavy (non-hydrogen) atoms. The van der Waals surface area contributed by atoms with Gasteiger partial charge in [0.2, 0.25) is 0 Å². The van der Waals surface area contributed by atoms with E-state index in [1.54, 1.807) is 13.0 Å². The molecule has 0 spiro atoms. The Balaban J connectivity index is 1.93. The van der Waals surface area contributed by atoms with E-state index in [9.17, 15) is 22.4 Å². The van der Waals surface area contributed by atoms with Gasteiger partial charge < -0.3 is 21.5 Å². The van der Waals surface area contributed by atoms with Gasteiger partial charge in [-0.15, -0.1) is 0 Å². The van der Waals surface area contributed by atoms with Crippen LogP contribution in [0, 0.1) is 12.7 Å². The third-order valence-corrected chi connectivity index (χ3v) is 5.19. The fraction of sp³-hybridized carbons (Fsp3) is 0.208. The van der Waals surface area contributed by atoms with Crippen molar-refractivity contribution in [2.75, 3.05) is 13.7 Å². The number of benzene rings is 2. The largest absolute Gasteiger partial charge is 0.494 e. The van der Waals surface area contributed by atoms with Gasteiger partial charge in [0.1, 0.15) is 22.8 Å². The van der Waals surface area contributed by atoms with Gasteiger partial charge in [-0.1, -0.05) is 6.07 Å². The van der Waals surface area contributed by atoms with Crippen LogP contribution in [0.3, 0.4) is 0 Å². The number of alkyl halides is 3. The van der Waals surface area contributed by atoms with E-state index in [4.69, 9.17) is 16.2 Å². The summed E-state index contributed by atoms with van der Waals surface area (Å²) in [4.78, 5) is 20.8. The number of aryl methyl sites for hydroxylation is 1. The number of methoxy groups -OCH3 is 1. The number of nitrogens with two attached hydrogens (primary N) is 2. The second kappa shape index (κ2) is 10.5. The SMILES string of the molecule is COc1ccc(N=CC(C(=O)NCc2ccc(F)cc2C)=C(N)CN)c2ccc(C(F)(F)F)nc12. The Morgan fingerprint density at radius 3 is 2.57 bits per heavy atom. The molecule has 0 unspecified atom stereocenters. The third kappa shape index (κ3) is 5.93. The number of hydrogen-bond acceptors (Lipinski definition) is 6. The van der Waals surface area contributed by atoms with Gasteiger partial charge in [0, 0.05) is 30.4 Å². The zero-order valence-electron chi connectivity index (χ0n) is 18.9. The lowest BCUT2D eigenvalue weighted by molar-refractivity contribution is -0.141. The van der Waals surface area contributed by atoms with Crippen molar-refractivity contribution < 1.29 is 27.1 Å². The molecule has 3 aromatic rings. The van der Waals surface area contributed by atoms with Crippen LogP contribution in [0.1, 0.15) is 16.8 Å². The molecule has 3 rings (SSSR count). The summed E-state index contributed by atoms with van der Waals surface area (Å²) in [5.74, 6) is -0.827. The molecule has 0 saturated carbocycles. The number of halogens is 4. The van der Waals surface area contributed by atoms with Crippen molar-refractivity contribution in [1.29, 1.82) is 0 Å². The van der Waals surface area contributed by atoms with Crippen LogP contribution in [0.25, 0.3) is 10.9 Å². The molecule has 0 atom stereocenters. The van der Waals surface area contributed by atoms with Gasteiger partial charge in [-0.3, -0.25) is 9.79 Å². The highest BCUT2D eigenvalue weighted by Crippen LogP contribution is 2.35. The maximum absolute atomic E-state index is 13.3. The number of aromatic nitrogens is 1. The smallest absolute Gasteiger partial charge is 0.433 e. The molecule has 5 N–H and O–H groups in total. The topological polar surface area (TPSA) is 116 Å². The third-order valence-electron chi connectivity index (χ3n) is 5.19. The molecule has 184 valence electrons. The Hall–Kier alpha value is -3.99. The molecule has 1 aromatic heterocycles. The zero-order valence-corrected chi connectivity index (χ0v) is 18.9. The van der Waals surface area contributed by atoms with Crippen LogP contribution in [0.4, 0.5) is 23.2 Å². The van der Waals surface area contributed by atoms with Gasteiger partial charge in [-0.25, -0.2) is 9.37 Å². The molecule has 1 heterocycles.